The number of amides is 2. The summed E-state index contributed by atoms with van der Waals surface area (Å²) in [5, 5.41) is 3.18. The first kappa shape index (κ1) is 40.8. The molecule has 9 rings (SSSR count). The Bertz CT molecular complexity index is 2470. The van der Waals surface area contributed by atoms with Gasteiger partial charge >= 0.3 is 0 Å². The van der Waals surface area contributed by atoms with Crippen LogP contribution in [-0.4, -0.2) is 119 Å². The largest absolute Gasteiger partial charge is 0.493 e. The van der Waals surface area contributed by atoms with Crippen molar-refractivity contribution in [2.45, 2.75) is 44.2 Å². The van der Waals surface area contributed by atoms with Crippen LogP contribution in [0.15, 0.2) is 95.2 Å². The number of nitrogens with one attached hydrogen (secondary N) is 1. The Hall–Kier alpha value is -6.60. The van der Waals surface area contributed by atoms with Crippen LogP contribution in [-0.2, 0) is 0 Å². The molecular weight excluding hydrogens is 783 g/mol. The molecule has 5 aliphatic heterocycles. The number of methoxy groups -OCH3 is 2. The molecule has 4 aromatic carbocycles. The third-order valence-electron chi connectivity index (χ3n) is 12.4. The van der Waals surface area contributed by atoms with E-state index in [1.54, 1.807) is 48.3 Å². The smallest absolute Gasteiger partial charge is 0.260 e. The Morgan fingerprint density at radius 2 is 1.19 bits per heavy atom. The van der Waals surface area contributed by atoms with Crippen molar-refractivity contribution in [1.82, 2.24) is 14.7 Å². The third kappa shape index (κ3) is 8.24. The predicted molar refractivity (Wildman–Crippen MR) is 244 cm³/mol. The first-order valence-corrected chi connectivity index (χ1v) is 21.5. The molecule has 2 atom stereocenters. The second-order valence-electron chi connectivity index (χ2n) is 16.3. The molecule has 0 spiro atoms. The standard InChI is InChI=1S/C49H53N7O6/c1-50-36-10-8-9-33(21-36)35-23-39-29-52-43-27-47(45(60-4)25-41(43)49(58)56(39)31-35)62-20-7-5-6-19-61-46-26-42-40(24-44(46)59-3)48(57)55-30-34(22-38(55)28-51-42)32-11-13-37(14-12-32)54-17-15-53(2)16-18-54/h8-14,21,24-31,38-39,50H,5-7,15-20,22-23H2,1-4H3/t38?,39-/m0/s1. The summed E-state index contributed by atoms with van der Waals surface area (Å²) >= 11 is 0. The van der Waals surface area contributed by atoms with Gasteiger partial charge in [-0.3, -0.25) is 19.6 Å². The molecule has 0 radical (unpaired) electrons. The number of aliphatic imine (C=N–C) groups is 2. The molecule has 4 aromatic rings. The van der Waals surface area contributed by atoms with Gasteiger partial charge in [0.1, 0.15) is 0 Å². The summed E-state index contributed by atoms with van der Waals surface area (Å²) in [4.78, 5) is 45.6. The fraction of sp³-hybridized carbons (Fsp3) is 0.347. The zero-order valence-electron chi connectivity index (χ0n) is 35.8. The number of ether oxygens (including phenoxy) is 4. The molecular formula is C49H53N7O6. The number of nitrogens with zero attached hydrogens (tertiary/aromatic N) is 6. The highest BCUT2D eigenvalue weighted by Gasteiger charge is 2.35. The first-order valence-electron chi connectivity index (χ1n) is 21.5. The van der Waals surface area contributed by atoms with E-state index in [0.29, 0.717) is 71.6 Å². The average molecular weight is 836 g/mol. The summed E-state index contributed by atoms with van der Waals surface area (Å²) in [5.41, 5.74) is 8.72. The summed E-state index contributed by atoms with van der Waals surface area (Å²) in [5.74, 6) is 1.83. The third-order valence-corrected chi connectivity index (χ3v) is 12.4. The van der Waals surface area contributed by atoms with Crippen LogP contribution >= 0.6 is 0 Å². The number of unbranched alkanes of at least 4 members (excludes halogenated alkanes) is 2. The molecule has 1 fully saturated rings. The van der Waals surface area contributed by atoms with Gasteiger partial charge in [0, 0.05) is 94.4 Å². The van der Waals surface area contributed by atoms with E-state index in [4.69, 9.17) is 28.9 Å². The van der Waals surface area contributed by atoms with Gasteiger partial charge in [-0.1, -0.05) is 24.3 Å². The molecule has 0 saturated carbocycles. The number of carbonyl (C=O) groups is 2. The molecule has 0 aliphatic carbocycles. The maximum atomic E-state index is 13.9. The second-order valence-corrected chi connectivity index (χ2v) is 16.3. The summed E-state index contributed by atoms with van der Waals surface area (Å²) in [7, 11) is 7.22. The lowest BCUT2D eigenvalue weighted by atomic mass is 10.0. The fourth-order valence-electron chi connectivity index (χ4n) is 8.71. The molecule has 1 saturated heterocycles. The van der Waals surface area contributed by atoms with E-state index in [1.807, 2.05) is 44.0 Å². The molecule has 62 heavy (non-hydrogen) atoms. The van der Waals surface area contributed by atoms with Crippen molar-refractivity contribution >= 4 is 58.1 Å². The molecule has 2 amide bonds. The van der Waals surface area contributed by atoms with E-state index in [-0.39, 0.29) is 23.9 Å². The Labute approximate surface area is 362 Å². The van der Waals surface area contributed by atoms with Gasteiger partial charge in [-0.05, 0) is 85.0 Å². The first-order chi connectivity index (χ1) is 30.3. The Morgan fingerprint density at radius 1 is 0.645 bits per heavy atom. The lowest BCUT2D eigenvalue weighted by molar-refractivity contribution is 0.0809. The Kier molecular flexibility index (Phi) is 11.7. The highest BCUT2D eigenvalue weighted by atomic mass is 16.5. The van der Waals surface area contributed by atoms with E-state index < -0.39 is 0 Å². The molecule has 5 heterocycles. The molecule has 5 aliphatic rings. The highest BCUT2D eigenvalue weighted by molar-refractivity contribution is 6.06. The van der Waals surface area contributed by atoms with Crippen LogP contribution in [0.4, 0.5) is 22.7 Å². The topological polar surface area (TPSA) is 121 Å². The van der Waals surface area contributed by atoms with Crippen LogP contribution in [0.5, 0.6) is 23.0 Å². The van der Waals surface area contributed by atoms with Gasteiger partial charge in [0.05, 0.1) is 62.0 Å². The normalized spacial score (nSPS) is 19.2. The predicted octanol–water partition coefficient (Wildman–Crippen LogP) is 8.07. The lowest BCUT2D eigenvalue weighted by Crippen LogP contribution is -2.44. The van der Waals surface area contributed by atoms with E-state index in [2.05, 4.69) is 58.6 Å². The van der Waals surface area contributed by atoms with Crippen molar-refractivity contribution in [2.24, 2.45) is 9.98 Å². The number of hydrogen-bond acceptors (Lipinski definition) is 11. The average Bonchev–Trinajstić information content (AvgIpc) is 3.89. The van der Waals surface area contributed by atoms with Crippen LogP contribution in [0.2, 0.25) is 0 Å². The number of piperazine rings is 1. The van der Waals surface area contributed by atoms with Gasteiger partial charge in [-0.25, -0.2) is 0 Å². The van der Waals surface area contributed by atoms with Crippen LogP contribution < -0.4 is 29.2 Å². The minimum atomic E-state index is -0.174. The van der Waals surface area contributed by atoms with Crippen LogP contribution in [0.25, 0.3) is 11.1 Å². The molecule has 1 N–H and O–H groups in total. The number of hydrogen-bond donors (Lipinski definition) is 1. The van der Waals surface area contributed by atoms with Gasteiger partial charge in [0.25, 0.3) is 11.8 Å². The maximum absolute atomic E-state index is 13.9. The van der Waals surface area contributed by atoms with Gasteiger partial charge in [-0.15, -0.1) is 0 Å². The van der Waals surface area contributed by atoms with Gasteiger partial charge in [0.2, 0.25) is 0 Å². The quantitative estimate of drug-likeness (QED) is 0.126. The van der Waals surface area contributed by atoms with Crippen molar-refractivity contribution < 1.29 is 28.5 Å². The summed E-state index contributed by atoms with van der Waals surface area (Å²) in [6.45, 7) is 5.08. The van der Waals surface area contributed by atoms with E-state index in [9.17, 15) is 9.59 Å². The van der Waals surface area contributed by atoms with E-state index in [0.717, 1.165) is 73.4 Å². The lowest BCUT2D eigenvalue weighted by Gasteiger charge is -2.34. The highest BCUT2D eigenvalue weighted by Crippen LogP contribution is 2.42. The minimum absolute atomic E-state index is 0.112. The zero-order valence-corrected chi connectivity index (χ0v) is 35.8. The Morgan fingerprint density at radius 3 is 1.73 bits per heavy atom. The molecule has 0 bridgehead atoms. The minimum Gasteiger partial charge on any atom is -0.493 e. The number of rotatable bonds is 14. The summed E-state index contributed by atoms with van der Waals surface area (Å²) in [6, 6.07) is 23.6. The van der Waals surface area contributed by atoms with Crippen LogP contribution in [0, 0.1) is 0 Å². The van der Waals surface area contributed by atoms with Crippen LogP contribution in [0.1, 0.15) is 63.9 Å². The van der Waals surface area contributed by atoms with Gasteiger partial charge < -0.3 is 43.9 Å². The van der Waals surface area contributed by atoms with Crippen molar-refractivity contribution in [3.63, 3.8) is 0 Å². The number of carbonyl (C=O) groups excluding carboxylic acids is 2. The monoisotopic (exact) mass is 835 g/mol. The summed E-state index contributed by atoms with van der Waals surface area (Å²) < 4.78 is 23.8. The van der Waals surface area contributed by atoms with Gasteiger partial charge in [0.15, 0.2) is 23.0 Å². The molecule has 13 heteroatoms. The van der Waals surface area contributed by atoms with Gasteiger partial charge in [-0.2, -0.15) is 0 Å². The van der Waals surface area contributed by atoms with Crippen LogP contribution in [0.3, 0.4) is 0 Å². The number of benzene rings is 4. The molecule has 1 unspecified atom stereocenters. The Balaban J connectivity index is 0.774. The number of fused-ring (bicyclic) bond motifs is 4. The SMILES string of the molecule is CNc1cccc(C2=CN3C(=O)c4cc(OC)c(OCCCCCOc5cc6c(cc5OC)C(=O)N5C=C(c7ccc(N8CCN(C)CC8)cc7)CC5C=N6)cc4N=C[C@@H]3C2)c1. The zero-order chi connectivity index (χ0) is 42.7. The fourth-order valence-corrected chi connectivity index (χ4v) is 8.71. The van der Waals surface area contributed by atoms with Crippen molar-refractivity contribution in [3.8, 4) is 23.0 Å². The number of anilines is 2. The van der Waals surface area contributed by atoms with E-state index >= 15 is 0 Å². The second kappa shape index (κ2) is 17.8. The molecule has 13 nitrogen and oxygen atoms in total. The molecule has 0 aromatic heterocycles. The van der Waals surface area contributed by atoms with Crippen molar-refractivity contribution in [2.75, 3.05) is 77.9 Å². The summed E-state index contributed by atoms with van der Waals surface area (Å²) in [6.07, 6.45) is 11.4. The van der Waals surface area contributed by atoms with Crippen molar-refractivity contribution in [3.05, 3.63) is 107 Å². The van der Waals surface area contributed by atoms with Crippen molar-refractivity contribution in [1.29, 1.82) is 0 Å². The maximum Gasteiger partial charge on any atom is 0.260 e. The molecule has 320 valence electrons. The number of likely N-dealkylation sites (N-methyl/N-ethyl adjacent to an activating group) is 1. The van der Waals surface area contributed by atoms with E-state index in [1.165, 1.54) is 5.69 Å².